The molecular weight excluding hydrogens is 784 g/mol. The summed E-state index contributed by atoms with van der Waals surface area (Å²) in [5.41, 5.74) is -1.62. The van der Waals surface area contributed by atoms with Crippen LogP contribution in [0.15, 0.2) is 34.0 Å². The number of aliphatic hydroxyl groups is 1. The fourth-order valence-electron chi connectivity index (χ4n) is 6.54. The number of ether oxygens (including phenoxy) is 5. The Morgan fingerprint density at radius 2 is 1.31 bits per heavy atom. The molecule has 0 radical (unpaired) electrons. The van der Waals surface area contributed by atoms with Crippen LogP contribution < -0.4 is 18.9 Å². The fraction of sp³-hybridized carbons (Fsp3) is 0.325. The lowest BCUT2D eigenvalue weighted by atomic mass is 9.87. The summed E-state index contributed by atoms with van der Waals surface area (Å²) in [6.07, 6.45) is 1.99. The van der Waals surface area contributed by atoms with Crippen molar-refractivity contribution in [2.24, 2.45) is 0 Å². The number of aryl methyl sites for hydroxylation is 1. The number of aromatic hydroxyl groups is 2. The number of phenolic OH excluding ortho intramolecular Hbond substituents is 2. The molecule has 0 bridgehead atoms. The molecule has 3 aromatic carbocycles. The van der Waals surface area contributed by atoms with Crippen LogP contribution in [-0.4, -0.2) is 69.9 Å². The van der Waals surface area contributed by atoms with Gasteiger partial charge in [0.2, 0.25) is 5.60 Å². The molecule has 0 saturated heterocycles. The van der Waals surface area contributed by atoms with Gasteiger partial charge in [-0.3, -0.25) is 4.79 Å². The van der Waals surface area contributed by atoms with E-state index in [0.29, 0.717) is 11.1 Å². The Hall–Kier alpha value is -5.67. The highest BCUT2D eigenvalue weighted by Crippen LogP contribution is 2.46. The second-order valence-electron chi connectivity index (χ2n) is 13.3. The van der Waals surface area contributed by atoms with Gasteiger partial charge in [-0.15, -0.1) is 0 Å². The smallest absolute Gasteiger partial charge is 0.356 e. The molecule has 0 aromatic heterocycles. The van der Waals surface area contributed by atoms with Crippen LogP contribution in [0, 0.1) is 41.5 Å². The molecule has 1 aliphatic carbocycles. The molecule has 4 N–H and O–H groups in total. The minimum atomic E-state index is -2.46. The Morgan fingerprint density at radius 3 is 1.85 bits per heavy atom. The van der Waals surface area contributed by atoms with Crippen LogP contribution in [0.5, 0.6) is 34.5 Å². The van der Waals surface area contributed by atoms with Crippen molar-refractivity contribution in [1.29, 1.82) is 0 Å². The van der Waals surface area contributed by atoms with Gasteiger partial charge in [-0.05, 0) is 110 Å². The summed E-state index contributed by atoms with van der Waals surface area (Å²) < 4.78 is 27.3. The number of allylic oxidation sites excluding steroid dienone is 2. The number of hydrogen-bond donors (Lipinski definition) is 4. The van der Waals surface area contributed by atoms with Gasteiger partial charge in [0, 0.05) is 22.8 Å². The van der Waals surface area contributed by atoms with Gasteiger partial charge in [0.15, 0.2) is 11.5 Å². The van der Waals surface area contributed by atoms with Gasteiger partial charge in [0.1, 0.15) is 55.7 Å². The molecule has 14 nitrogen and oxygen atoms in total. The largest absolute Gasteiger partial charge is 0.507 e. The summed E-state index contributed by atoms with van der Waals surface area (Å²) >= 11 is 3.17. The molecule has 0 spiro atoms. The van der Waals surface area contributed by atoms with Gasteiger partial charge < -0.3 is 44.1 Å². The van der Waals surface area contributed by atoms with Crippen LogP contribution in [0.1, 0.15) is 96.7 Å². The van der Waals surface area contributed by atoms with Crippen molar-refractivity contribution in [3.63, 3.8) is 0 Å². The maximum Gasteiger partial charge on any atom is 0.356 e. The van der Waals surface area contributed by atoms with Crippen molar-refractivity contribution < 1.29 is 68.1 Å². The molecule has 1 atom stereocenters. The van der Waals surface area contributed by atoms with Crippen LogP contribution in [-0.2, 0) is 14.3 Å². The van der Waals surface area contributed by atoms with E-state index in [4.69, 9.17) is 23.7 Å². The maximum atomic E-state index is 13.7. The molecule has 0 fully saturated rings. The van der Waals surface area contributed by atoms with Gasteiger partial charge >= 0.3 is 23.9 Å². The Labute approximate surface area is 325 Å². The molecule has 15 heteroatoms. The van der Waals surface area contributed by atoms with E-state index >= 15 is 0 Å². The van der Waals surface area contributed by atoms with Crippen molar-refractivity contribution in [2.45, 2.75) is 73.8 Å². The molecule has 3 aromatic rings. The number of phenols is 2. The maximum absolute atomic E-state index is 13.7. The second kappa shape index (κ2) is 15.6. The standard InChI is InChI=1S/C40H41BrO14/c1-15(2)26-21(8)29(36(45)46)33(52-11)22(9)34(26)54-37(47)27-16(3)12-24(20(7)31(27)43)53-38(48)28-18(5)19(6)35(30(41)32(28)44)55-39(49)40(50)17(4)13-23(42)14-25(40)51-10/h12-15,43-44,50H,1-11H3,(H,45,46)/t40-/m1/s1. The van der Waals surface area contributed by atoms with Gasteiger partial charge in [0.25, 0.3) is 0 Å². The summed E-state index contributed by atoms with van der Waals surface area (Å²) in [4.78, 5) is 64.8. The molecule has 0 saturated carbocycles. The number of carbonyl (C=O) groups is 5. The average Bonchev–Trinajstić information content (AvgIpc) is 3.10. The monoisotopic (exact) mass is 824 g/mol. The number of rotatable bonds is 10. The highest BCUT2D eigenvalue weighted by Gasteiger charge is 2.48. The highest BCUT2D eigenvalue weighted by atomic mass is 79.9. The fourth-order valence-corrected chi connectivity index (χ4v) is 7.12. The number of carboxylic acids is 1. The highest BCUT2D eigenvalue weighted by molar-refractivity contribution is 9.10. The number of benzene rings is 3. The van der Waals surface area contributed by atoms with Crippen LogP contribution in [0.4, 0.5) is 0 Å². The number of esters is 3. The Morgan fingerprint density at radius 1 is 0.709 bits per heavy atom. The zero-order chi connectivity index (χ0) is 41.6. The second-order valence-corrected chi connectivity index (χ2v) is 14.1. The SMILES string of the molecule is COC1=CC(=O)C=C(C)[C@]1(O)C(=O)Oc1c(C)c(C)c(C(=O)Oc2cc(C)c(C(=O)Oc3c(C)c(OC)c(C(=O)O)c(C)c3C(C)C)c(O)c2C)c(O)c1Br. The van der Waals surface area contributed by atoms with Crippen molar-refractivity contribution in [2.75, 3.05) is 14.2 Å². The summed E-state index contributed by atoms with van der Waals surface area (Å²) in [7, 11) is 2.47. The van der Waals surface area contributed by atoms with E-state index in [-0.39, 0.29) is 89.2 Å². The third-order valence-corrected chi connectivity index (χ3v) is 10.4. The third kappa shape index (κ3) is 7.16. The Kier molecular flexibility index (Phi) is 11.9. The average molecular weight is 826 g/mol. The van der Waals surface area contributed by atoms with E-state index in [1.807, 2.05) is 13.8 Å². The molecular formula is C40H41BrO14. The predicted molar refractivity (Wildman–Crippen MR) is 201 cm³/mol. The van der Waals surface area contributed by atoms with E-state index in [0.717, 1.165) is 12.2 Å². The van der Waals surface area contributed by atoms with Crippen molar-refractivity contribution >= 4 is 45.6 Å². The number of methoxy groups -OCH3 is 2. The van der Waals surface area contributed by atoms with Crippen LogP contribution >= 0.6 is 15.9 Å². The molecule has 1 aliphatic rings. The zero-order valence-electron chi connectivity index (χ0n) is 32.1. The molecule has 0 aliphatic heterocycles. The predicted octanol–water partition coefficient (Wildman–Crippen LogP) is 6.68. The molecule has 0 unspecified atom stereocenters. The first-order valence-corrected chi connectivity index (χ1v) is 17.5. The number of ketones is 1. The Bertz CT molecular complexity index is 2230. The summed E-state index contributed by atoms with van der Waals surface area (Å²) in [5.74, 6) is -7.17. The molecule has 0 heterocycles. The normalized spacial score (nSPS) is 15.3. The minimum absolute atomic E-state index is 0.0204. The number of halogens is 1. The first-order valence-electron chi connectivity index (χ1n) is 16.7. The molecule has 0 amide bonds. The van der Waals surface area contributed by atoms with E-state index in [1.165, 1.54) is 54.9 Å². The molecule has 292 valence electrons. The topological polar surface area (TPSA) is 212 Å². The Balaban J connectivity index is 1.69. The van der Waals surface area contributed by atoms with E-state index < -0.39 is 46.8 Å². The molecule has 55 heavy (non-hydrogen) atoms. The lowest BCUT2D eigenvalue weighted by molar-refractivity contribution is -0.151. The van der Waals surface area contributed by atoms with Gasteiger partial charge in [-0.2, -0.15) is 0 Å². The third-order valence-electron chi connectivity index (χ3n) is 9.63. The van der Waals surface area contributed by atoms with Crippen LogP contribution in [0.25, 0.3) is 0 Å². The summed E-state index contributed by atoms with van der Waals surface area (Å²) in [5, 5.41) is 43.6. The van der Waals surface area contributed by atoms with Gasteiger partial charge in [-0.25, -0.2) is 19.2 Å². The van der Waals surface area contributed by atoms with Crippen molar-refractivity contribution in [3.8, 4) is 34.5 Å². The van der Waals surface area contributed by atoms with Crippen LogP contribution in [0.3, 0.4) is 0 Å². The number of carboxylic acid groups (broad SMARTS) is 1. The summed E-state index contributed by atoms with van der Waals surface area (Å²) in [6.45, 7) is 13.9. The number of aromatic carboxylic acids is 1. The van der Waals surface area contributed by atoms with Crippen molar-refractivity contribution in [3.05, 3.63) is 89.7 Å². The lowest BCUT2D eigenvalue weighted by Crippen LogP contribution is -2.47. The molecule has 4 rings (SSSR count). The van der Waals surface area contributed by atoms with Crippen LogP contribution in [0.2, 0.25) is 0 Å². The minimum Gasteiger partial charge on any atom is -0.507 e. The van der Waals surface area contributed by atoms with E-state index in [2.05, 4.69) is 15.9 Å². The van der Waals surface area contributed by atoms with Gasteiger partial charge in [0.05, 0.1) is 14.2 Å². The van der Waals surface area contributed by atoms with E-state index in [1.54, 1.807) is 13.8 Å². The number of hydrogen-bond acceptors (Lipinski definition) is 13. The van der Waals surface area contributed by atoms with E-state index in [9.17, 15) is 44.4 Å². The number of carbonyl (C=O) groups excluding carboxylic acids is 4. The first kappa shape index (κ1) is 42.1. The zero-order valence-corrected chi connectivity index (χ0v) is 33.6. The van der Waals surface area contributed by atoms with Gasteiger partial charge in [-0.1, -0.05) is 13.8 Å². The quantitative estimate of drug-likeness (QED) is 0.124. The van der Waals surface area contributed by atoms with Crippen molar-refractivity contribution in [1.82, 2.24) is 0 Å². The lowest BCUT2D eigenvalue weighted by Gasteiger charge is -2.30. The first-order chi connectivity index (χ1) is 25.6. The summed E-state index contributed by atoms with van der Waals surface area (Å²) in [6, 6.07) is 1.33.